The van der Waals surface area contributed by atoms with E-state index in [1.54, 1.807) is 37.5 Å². The fraction of sp³-hybridized carbons (Fsp3) is 0.540. The Balaban J connectivity index is 1.14. The molecular formula is C50H63N7O8Si. The number of carbonyl (C=O) groups is 4. The normalized spacial score (nSPS) is 27.8. The van der Waals surface area contributed by atoms with E-state index >= 15 is 4.79 Å². The van der Waals surface area contributed by atoms with Crippen molar-refractivity contribution >= 4 is 44.1 Å². The Morgan fingerprint density at radius 2 is 1.89 bits per heavy atom. The molecule has 1 saturated carbocycles. The SMILES string of the molecule is CCn1c(-c2cccnc2[C@H](C)OC)c2c3cc(ccc31)-c1cc(O)cc(c1)CC1(C(=O)N3CCC[C@H](N3)C(=O)OCC(C)(C)C2)C2[Si]C21NC(=O)[C@H](C(C)C)N(C)C(=O)[C@H]1OCC[C@H]1N. The van der Waals surface area contributed by atoms with Gasteiger partial charge in [0, 0.05) is 73.1 Å². The highest BCUT2D eigenvalue weighted by Crippen LogP contribution is 2.81. The molecule has 9 rings (SSSR count). The number of nitrogens with zero attached hydrogens (tertiary/aromatic N) is 4. The zero-order valence-electron chi connectivity index (χ0n) is 39.3. The number of phenols is 1. The van der Waals surface area contributed by atoms with Crippen LogP contribution >= 0.6 is 0 Å². The molecule has 6 bridgehead atoms. The number of methoxy groups -OCH3 is 1. The summed E-state index contributed by atoms with van der Waals surface area (Å²) in [5.41, 5.74) is 15.0. The fourth-order valence-electron chi connectivity index (χ4n) is 11.1. The predicted octanol–water partition coefficient (Wildman–Crippen LogP) is 4.88. The monoisotopic (exact) mass is 917 g/mol. The summed E-state index contributed by atoms with van der Waals surface area (Å²) in [5.74, 6) is -1.55. The summed E-state index contributed by atoms with van der Waals surface area (Å²) in [6.45, 7) is 13.7. The standard InChI is InChI=1S/C50H63N7O8Si/c1-9-56-38-15-14-30-23-34(38)35(41(56)33-12-10-17-52-39(33)28(4)63-8)25-48(5,6)26-65-45(61)37-13-11-18-57(54-37)47(62)49(24-29-20-31(30)22-32(58)21-29)46-50(49,66-46)53-43(59)40(27(2)3)55(7)44(60)42-36(51)16-19-64-42/h10,12,14-15,17,20-23,27-28,36-37,40,42,46,54,58H,9,11,13,16,18-19,24-26,51H2,1-8H3,(H,53,59)/t28-,36+,37-,40-,42-,46?,49?,50?/m0/s1. The zero-order chi connectivity index (χ0) is 47.0. The first kappa shape index (κ1) is 46.0. The van der Waals surface area contributed by atoms with E-state index in [2.05, 4.69) is 60.3 Å². The van der Waals surface area contributed by atoms with Crippen LogP contribution in [0.2, 0.25) is 5.54 Å². The number of nitrogens with two attached hydrogens (primary N) is 1. The molecule has 16 heteroatoms. The minimum atomic E-state index is -1.08. The number of amides is 3. The van der Waals surface area contributed by atoms with Crippen molar-refractivity contribution in [3.05, 3.63) is 71.5 Å². The van der Waals surface area contributed by atoms with Crippen LogP contribution in [0.25, 0.3) is 33.3 Å². The molecule has 1 aliphatic carbocycles. The fourth-order valence-corrected chi connectivity index (χ4v) is 13.1. The van der Waals surface area contributed by atoms with Crippen LogP contribution < -0.4 is 16.5 Å². The van der Waals surface area contributed by atoms with Crippen LogP contribution in [-0.2, 0) is 52.8 Å². The Bertz CT molecular complexity index is 2600. The van der Waals surface area contributed by atoms with Gasteiger partial charge >= 0.3 is 5.97 Å². The smallest absolute Gasteiger partial charge is 0.324 e. The third kappa shape index (κ3) is 7.71. The van der Waals surface area contributed by atoms with Crippen LogP contribution in [0.3, 0.4) is 0 Å². The summed E-state index contributed by atoms with van der Waals surface area (Å²) >= 11 is 0. The van der Waals surface area contributed by atoms with Gasteiger partial charge in [-0.1, -0.05) is 39.8 Å². The van der Waals surface area contributed by atoms with Crippen LogP contribution in [0, 0.1) is 16.7 Å². The van der Waals surface area contributed by atoms with Crippen LogP contribution in [0.15, 0.2) is 54.7 Å². The van der Waals surface area contributed by atoms with Crippen molar-refractivity contribution in [3.8, 4) is 28.1 Å². The second kappa shape index (κ2) is 17.2. The average molecular weight is 918 g/mol. The summed E-state index contributed by atoms with van der Waals surface area (Å²) in [7, 11) is 3.55. The molecule has 2 radical (unpaired) electrons. The van der Waals surface area contributed by atoms with Crippen molar-refractivity contribution in [3.63, 3.8) is 0 Å². The molecule has 6 heterocycles. The number of ether oxygens (including phenoxy) is 3. The Morgan fingerprint density at radius 1 is 1.11 bits per heavy atom. The lowest BCUT2D eigenvalue weighted by Crippen LogP contribution is -2.62. The second-order valence-electron chi connectivity index (χ2n) is 20.1. The lowest BCUT2D eigenvalue weighted by molar-refractivity contribution is -0.156. The lowest BCUT2D eigenvalue weighted by Gasteiger charge is -2.39. The van der Waals surface area contributed by atoms with Gasteiger partial charge < -0.3 is 39.8 Å². The molecule has 4 aromatic rings. The first-order valence-electron chi connectivity index (χ1n) is 23.4. The lowest BCUT2D eigenvalue weighted by atomic mass is 9.84. The number of hydrogen-bond acceptors (Lipinski definition) is 11. The number of aromatic nitrogens is 2. The van der Waals surface area contributed by atoms with E-state index in [-0.39, 0.29) is 63.6 Å². The number of esters is 1. The highest BCUT2D eigenvalue weighted by atomic mass is 28.2. The number of nitrogens with one attached hydrogen (secondary N) is 2. The largest absolute Gasteiger partial charge is 0.508 e. The van der Waals surface area contributed by atoms with Gasteiger partial charge in [0.2, 0.25) is 11.8 Å². The number of phenolic OH excluding ortho intramolecular Hbond substituents is 1. The molecule has 4 fully saturated rings. The predicted molar refractivity (Wildman–Crippen MR) is 250 cm³/mol. The van der Waals surface area contributed by atoms with E-state index in [0.717, 1.165) is 50.1 Å². The topological polar surface area (TPSA) is 191 Å². The Morgan fingerprint density at radius 3 is 2.59 bits per heavy atom. The quantitative estimate of drug-likeness (QED) is 0.132. The van der Waals surface area contributed by atoms with Crippen molar-refractivity contribution in [1.82, 2.24) is 30.2 Å². The van der Waals surface area contributed by atoms with Crippen molar-refractivity contribution in [2.45, 2.75) is 121 Å². The maximum atomic E-state index is 15.2. The minimum Gasteiger partial charge on any atom is -0.508 e. The molecular weight excluding hydrogens is 855 g/mol. The number of pyridine rings is 1. The number of fused-ring (bicyclic) bond motifs is 9. The van der Waals surface area contributed by atoms with E-state index in [9.17, 15) is 19.5 Å². The van der Waals surface area contributed by atoms with Crippen LogP contribution in [0.4, 0.5) is 0 Å². The average Bonchev–Trinajstić information content (AvgIpc) is 4.01. The summed E-state index contributed by atoms with van der Waals surface area (Å²) in [5, 5.41) is 16.5. The number of carbonyl (C=O) groups excluding carboxylic acids is 4. The first-order chi connectivity index (χ1) is 31.4. The molecule has 3 saturated heterocycles. The molecule has 5 N–H and O–H groups in total. The summed E-state index contributed by atoms with van der Waals surface area (Å²) in [6.07, 6.45) is 3.09. The van der Waals surface area contributed by atoms with Gasteiger partial charge in [0.05, 0.1) is 39.0 Å². The molecule has 2 aromatic heterocycles. The van der Waals surface area contributed by atoms with Gasteiger partial charge in [0.15, 0.2) is 6.10 Å². The number of rotatable bonds is 9. The van der Waals surface area contributed by atoms with Crippen LogP contribution in [0.1, 0.15) is 83.7 Å². The highest BCUT2D eigenvalue weighted by molar-refractivity contribution is 6.67. The van der Waals surface area contributed by atoms with Crippen LogP contribution in [-0.4, -0.2) is 121 Å². The first-order valence-corrected chi connectivity index (χ1v) is 24.5. The van der Waals surface area contributed by atoms with E-state index in [1.165, 1.54) is 4.90 Å². The number of hydrazine groups is 1. The van der Waals surface area contributed by atoms with Gasteiger partial charge in [-0.05, 0) is 116 Å². The van der Waals surface area contributed by atoms with Crippen molar-refractivity contribution in [2.24, 2.45) is 22.5 Å². The molecule has 1 spiro atoms. The maximum absolute atomic E-state index is 15.2. The maximum Gasteiger partial charge on any atom is 0.324 e. The molecule has 350 valence electrons. The van der Waals surface area contributed by atoms with Crippen LogP contribution in [0.5, 0.6) is 5.75 Å². The summed E-state index contributed by atoms with van der Waals surface area (Å²) in [6, 6.07) is 13.8. The molecule has 5 aliphatic rings. The Kier molecular flexibility index (Phi) is 12.0. The number of benzene rings is 2. The Hall–Kier alpha value is -5.13. The van der Waals surface area contributed by atoms with E-state index < -0.39 is 46.2 Å². The molecule has 2 aromatic carbocycles. The van der Waals surface area contributed by atoms with Crippen molar-refractivity contribution in [2.75, 3.05) is 33.9 Å². The van der Waals surface area contributed by atoms with Gasteiger partial charge in [-0.25, -0.2) is 5.43 Å². The molecule has 3 unspecified atom stereocenters. The second-order valence-corrected chi connectivity index (χ2v) is 21.8. The summed E-state index contributed by atoms with van der Waals surface area (Å²) in [4.78, 5) is 63.7. The minimum absolute atomic E-state index is 0.0578. The van der Waals surface area contributed by atoms with Crippen molar-refractivity contribution < 1.29 is 38.5 Å². The highest BCUT2D eigenvalue weighted by Gasteiger charge is 2.93. The van der Waals surface area contributed by atoms with Gasteiger partial charge in [-0.15, -0.1) is 0 Å². The third-order valence-corrected chi connectivity index (χ3v) is 16.9. The van der Waals surface area contributed by atoms with Gasteiger partial charge in [0.25, 0.3) is 5.91 Å². The molecule has 4 aliphatic heterocycles. The molecule has 15 nitrogen and oxygen atoms in total. The molecule has 8 atom stereocenters. The van der Waals surface area contributed by atoms with E-state index in [1.807, 2.05) is 32.9 Å². The summed E-state index contributed by atoms with van der Waals surface area (Å²) < 4.78 is 20.0. The van der Waals surface area contributed by atoms with Gasteiger partial charge in [0.1, 0.15) is 17.8 Å². The number of aromatic hydroxyl groups is 1. The Labute approximate surface area is 388 Å². The zero-order valence-corrected chi connectivity index (χ0v) is 40.3. The van der Waals surface area contributed by atoms with E-state index in [0.29, 0.717) is 45.4 Å². The third-order valence-electron chi connectivity index (χ3n) is 14.7. The van der Waals surface area contributed by atoms with E-state index in [4.69, 9.17) is 24.9 Å². The molecule has 66 heavy (non-hydrogen) atoms. The number of hydrogen-bond donors (Lipinski definition) is 4. The number of cyclic esters (lactones) is 1. The number of aryl methyl sites for hydroxylation is 1. The molecule has 3 amide bonds. The van der Waals surface area contributed by atoms with Gasteiger partial charge in [-0.3, -0.25) is 29.2 Å². The van der Waals surface area contributed by atoms with Crippen molar-refractivity contribution in [1.29, 1.82) is 0 Å². The van der Waals surface area contributed by atoms with Gasteiger partial charge in [-0.2, -0.15) is 0 Å². The number of likely N-dealkylation sites (N-methyl/N-ethyl adjacent to an activating group) is 1.